The van der Waals surface area contributed by atoms with Crippen molar-refractivity contribution < 1.29 is 9.59 Å². The number of amides is 1. The van der Waals surface area contributed by atoms with Gasteiger partial charge in [0.25, 0.3) is 5.91 Å². The first kappa shape index (κ1) is 16.4. The number of hydrogen-bond acceptors (Lipinski definition) is 3. The van der Waals surface area contributed by atoms with Crippen LogP contribution in [0.25, 0.3) is 0 Å². The molecule has 24 heavy (non-hydrogen) atoms. The molecule has 4 heteroatoms. The number of hydrogen-bond donors (Lipinski definition) is 0. The molecular formula is C20H22N2O2. The third-order valence-electron chi connectivity index (χ3n) is 4.90. The second-order valence-corrected chi connectivity index (χ2v) is 7.50. The van der Waals surface area contributed by atoms with E-state index in [2.05, 4.69) is 26.8 Å². The van der Waals surface area contributed by atoms with Gasteiger partial charge in [0.05, 0.1) is 17.7 Å². The maximum atomic E-state index is 12.6. The van der Waals surface area contributed by atoms with Gasteiger partial charge in [0.2, 0.25) is 0 Å². The van der Waals surface area contributed by atoms with E-state index in [-0.39, 0.29) is 23.1 Å². The van der Waals surface area contributed by atoms with Gasteiger partial charge >= 0.3 is 0 Å². The van der Waals surface area contributed by atoms with Gasteiger partial charge in [-0.05, 0) is 42.0 Å². The highest BCUT2D eigenvalue weighted by Gasteiger charge is 2.45. The molecule has 0 saturated heterocycles. The summed E-state index contributed by atoms with van der Waals surface area (Å²) in [5, 5.41) is 9.26. The molecule has 0 radical (unpaired) electrons. The number of ketones is 1. The van der Waals surface area contributed by atoms with E-state index in [0.717, 1.165) is 30.5 Å². The Kier molecular flexibility index (Phi) is 4.04. The van der Waals surface area contributed by atoms with Gasteiger partial charge in [0.1, 0.15) is 0 Å². The summed E-state index contributed by atoms with van der Waals surface area (Å²) < 4.78 is 0. The van der Waals surface area contributed by atoms with E-state index in [4.69, 9.17) is 0 Å². The van der Waals surface area contributed by atoms with Crippen molar-refractivity contribution in [2.45, 2.75) is 52.5 Å². The number of nitriles is 1. The van der Waals surface area contributed by atoms with Crippen molar-refractivity contribution in [2.75, 3.05) is 4.90 Å². The molecule has 0 N–H and O–H groups in total. The van der Waals surface area contributed by atoms with Crippen LogP contribution in [0.15, 0.2) is 29.8 Å². The highest BCUT2D eigenvalue weighted by molar-refractivity contribution is 6.15. The SMILES string of the molecule is CCCc1cc(N2C(=O)C=C3C(=O)CC(C)(C)CC32)ccc1C#N. The van der Waals surface area contributed by atoms with Crippen molar-refractivity contribution in [2.24, 2.45) is 5.41 Å². The van der Waals surface area contributed by atoms with Crippen LogP contribution in [-0.4, -0.2) is 17.7 Å². The van der Waals surface area contributed by atoms with Crippen LogP contribution in [0.1, 0.15) is 51.2 Å². The van der Waals surface area contributed by atoms with Crippen molar-refractivity contribution >= 4 is 17.4 Å². The lowest BCUT2D eigenvalue weighted by atomic mass is 9.72. The van der Waals surface area contributed by atoms with Crippen molar-refractivity contribution in [1.29, 1.82) is 5.26 Å². The lowest BCUT2D eigenvalue weighted by Crippen LogP contribution is -2.43. The number of carbonyl (C=O) groups is 2. The monoisotopic (exact) mass is 322 g/mol. The number of benzene rings is 1. The van der Waals surface area contributed by atoms with E-state index >= 15 is 0 Å². The maximum Gasteiger partial charge on any atom is 0.252 e. The van der Waals surface area contributed by atoms with E-state index in [1.54, 1.807) is 11.0 Å². The van der Waals surface area contributed by atoms with E-state index in [9.17, 15) is 14.9 Å². The largest absolute Gasteiger partial charge is 0.301 e. The molecule has 1 heterocycles. The summed E-state index contributed by atoms with van der Waals surface area (Å²) in [7, 11) is 0. The smallest absolute Gasteiger partial charge is 0.252 e. The van der Waals surface area contributed by atoms with Gasteiger partial charge in [0, 0.05) is 23.8 Å². The fourth-order valence-electron chi connectivity index (χ4n) is 3.81. The van der Waals surface area contributed by atoms with Crippen LogP contribution < -0.4 is 4.90 Å². The Hall–Kier alpha value is -2.41. The van der Waals surface area contributed by atoms with Crippen LogP contribution in [0.3, 0.4) is 0 Å². The number of anilines is 1. The zero-order chi connectivity index (χ0) is 17.5. The summed E-state index contributed by atoms with van der Waals surface area (Å²) in [4.78, 5) is 26.7. The zero-order valence-electron chi connectivity index (χ0n) is 14.4. The van der Waals surface area contributed by atoms with Crippen LogP contribution in [0.4, 0.5) is 5.69 Å². The summed E-state index contributed by atoms with van der Waals surface area (Å²) >= 11 is 0. The number of aryl methyl sites for hydroxylation is 1. The Balaban J connectivity index is 2.01. The zero-order valence-corrected chi connectivity index (χ0v) is 14.4. The van der Waals surface area contributed by atoms with Gasteiger partial charge in [-0.2, -0.15) is 5.26 Å². The Morgan fingerprint density at radius 3 is 2.75 bits per heavy atom. The maximum absolute atomic E-state index is 12.6. The number of carbonyl (C=O) groups excluding carboxylic acids is 2. The summed E-state index contributed by atoms with van der Waals surface area (Å²) in [6, 6.07) is 7.56. The highest BCUT2D eigenvalue weighted by Crippen LogP contribution is 2.42. The van der Waals surface area contributed by atoms with E-state index in [1.807, 2.05) is 12.1 Å². The molecule has 1 fully saturated rings. The van der Waals surface area contributed by atoms with Gasteiger partial charge < -0.3 is 4.90 Å². The number of nitrogens with zero attached hydrogens (tertiary/aromatic N) is 2. The second-order valence-electron chi connectivity index (χ2n) is 7.50. The minimum atomic E-state index is -0.184. The summed E-state index contributed by atoms with van der Waals surface area (Å²) in [5.74, 6) is -0.0530. The van der Waals surface area contributed by atoms with Crippen molar-refractivity contribution in [3.63, 3.8) is 0 Å². The van der Waals surface area contributed by atoms with Crippen LogP contribution in [-0.2, 0) is 16.0 Å². The molecule has 2 aliphatic rings. The number of Topliss-reactive ketones (excluding diaryl/α,β-unsaturated/α-hetero) is 1. The average Bonchev–Trinajstić information content (AvgIpc) is 2.83. The molecule has 1 atom stereocenters. The lowest BCUT2D eigenvalue weighted by Gasteiger charge is -2.38. The van der Waals surface area contributed by atoms with Gasteiger partial charge in [-0.1, -0.05) is 27.2 Å². The standard InChI is InChI=1S/C20H22N2O2/c1-4-5-13-8-15(7-6-14(13)12-21)22-17-10-20(2,3)11-18(23)16(17)9-19(22)24/h6-9,17H,4-5,10-11H2,1-3H3. The fourth-order valence-corrected chi connectivity index (χ4v) is 3.81. The average molecular weight is 322 g/mol. The minimum absolute atomic E-state index is 0.0783. The predicted molar refractivity (Wildman–Crippen MR) is 92.5 cm³/mol. The van der Waals surface area contributed by atoms with Gasteiger partial charge in [0.15, 0.2) is 5.78 Å². The van der Waals surface area contributed by atoms with Crippen molar-refractivity contribution in [3.8, 4) is 6.07 Å². The number of fused-ring (bicyclic) bond motifs is 1. The second kappa shape index (κ2) is 5.90. The normalized spacial score (nSPS) is 22.2. The predicted octanol–water partition coefficient (Wildman–Crippen LogP) is 3.54. The van der Waals surface area contributed by atoms with Crippen molar-refractivity contribution in [3.05, 3.63) is 41.0 Å². The van der Waals surface area contributed by atoms with E-state index < -0.39 is 0 Å². The Labute approximate surface area is 142 Å². The molecule has 0 aromatic heterocycles. The van der Waals surface area contributed by atoms with E-state index in [1.165, 1.54) is 6.08 Å². The molecule has 1 unspecified atom stereocenters. The first-order chi connectivity index (χ1) is 11.4. The molecule has 0 spiro atoms. The molecule has 4 nitrogen and oxygen atoms in total. The van der Waals surface area contributed by atoms with Gasteiger partial charge in [-0.3, -0.25) is 9.59 Å². The highest BCUT2D eigenvalue weighted by atomic mass is 16.2. The summed E-state index contributed by atoms with van der Waals surface area (Å²) in [5.41, 5.74) is 2.92. The van der Waals surface area contributed by atoms with Crippen LogP contribution >= 0.6 is 0 Å². The van der Waals surface area contributed by atoms with Crippen LogP contribution in [0, 0.1) is 16.7 Å². The molecule has 1 aliphatic carbocycles. The molecule has 124 valence electrons. The molecular weight excluding hydrogens is 300 g/mol. The van der Waals surface area contributed by atoms with E-state index in [0.29, 0.717) is 17.6 Å². The van der Waals surface area contributed by atoms with Gasteiger partial charge in [-0.25, -0.2) is 0 Å². The Morgan fingerprint density at radius 1 is 1.33 bits per heavy atom. The summed E-state index contributed by atoms with van der Waals surface area (Å²) in [6.45, 7) is 6.21. The molecule has 1 aromatic rings. The topological polar surface area (TPSA) is 61.2 Å². The van der Waals surface area contributed by atoms with Crippen LogP contribution in [0.2, 0.25) is 0 Å². The van der Waals surface area contributed by atoms with Crippen molar-refractivity contribution in [1.82, 2.24) is 0 Å². The minimum Gasteiger partial charge on any atom is -0.301 e. The molecule has 0 bridgehead atoms. The molecule has 1 aromatic carbocycles. The van der Waals surface area contributed by atoms with Crippen LogP contribution in [0.5, 0.6) is 0 Å². The Morgan fingerprint density at radius 2 is 2.08 bits per heavy atom. The molecule has 1 saturated carbocycles. The Bertz CT molecular complexity index is 783. The summed E-state index contributed by atoms with van der Waals surface area (Å²) in [6.07, 6.45) is 4.50. The molecule has 3 rings (SSSR count). The lowest BCUT2D eigenvalue weighted by molar-refractivity contribution is -0.119. The third kappa shape index (κ3) is 2.75. The quantitative estimate of drug-likeness (QED) is 0.855. The van der Waals surface area contributed by atoms with Gasteiger partial charge in [-0.15, -0.1) is 0 Å². The first-order valence-corrected chi connectivity index (χ1v) is 8.47. The molecule has 1 amide bonds. The third-order valence-corrected chi connectivity index (χ3v) is 4.90. The fraction of sp³-hybridized carbons (Fsp3) is 0.450. The number of rotatable bonds is 3. The molecule has 1 aliphatic heterocycles. The first-order valence-electron chi connectivity index (χ1n) is 8.47.